The topological polar surface area (TPSA) is 92.5 Å². The van der Waals surface area contributed by atoms with Gasteiger partial charge in [-0.25, -0.2) is 0 Å². The molecule has 0 spiro atoms. The highest BCUT2D eigenvalue weighted by molar-refractivity contribution is 6.05. The molecule has 4 rings (SSSR count). The van der Waals surface area contributed by atoms with Crippen LogP contribution in [-0.2, 0) is 4.74 Å². The number of hydrogen-bond acceptors (Lipinski definition) is 7. The van der Waals surface area contributed by atoms with Crippen molar-refractivity contribution in [3.05, 3.63) is 60.1 Å². The van der Waals surface area contributed by atoms with Crippen molar-refractivity contribution in [3.8, 4) is 0 Å². The van der Waals surface area contributed by atoms with Gasteiger partial charge in [-0.1, -0.05) is 17.3 Å². The second-order valence-corrected chi connectivity index (χ2v) is 6.45. The van der Waals surface area contributed by atoms with Crippen LogP contribution in [0.2, 0.25) is 0 Å². The van der Waals surface area contributed by atoms with Crippen LogP contribution in [0, 0.1) is 6.92 Å². The fourth-order valence-electron chi connectivity index (χ4n) is 3.05. The molecule has 1 saturated heterocycles. The Hall–Kier alpha value is -3.39. The molecular formula is C20H21N5O3. The van der Waals surface area contributed by atoms with Crippen molar-refractivity contribution in [2.45, 2.75) is 6.92 Å². The van der Waals surface area contributed by atoms with Gasteiger partial charge in [0.2, 0.25) is 0 Å². The second-order valence-electron chi connectivity index (χ2n) is 6.45. The van der Waals surface area contributed by atoms with Crippen LogP contribution in [0.15, 0.2) is 53.2 Å². The number of rotatable bonds is 5. The van der Waals surface area contributed by atoms with Crippen LogP contribution in [-0.4, -0.2) is 42.4 Å². The Bertz CT molecular complexity index is 966. The molecule has 2 N–H and O–H groups in total. The molecule has 0 unspecified atom stereocenters. The van der Waals surface area contributed by atoms with Crippen LogP contribution >= 0.6 is 0 Å². The molecule has 144 valence electrons. The van der Waals surface area contributed by atoms with Crippen LogP contribution in [0.5, 0.6) is 0 Å². The van der Waals surface area contributed by atoms with Crippen molar-refractivity contribution in [3.63, 3.8) is 0 Å². The van der Waals surface area contributed by atoms with E-state index in [1.54, 1.807) is 24.4 Å². The number of benzene rings is 1. The summed E-state index contributed by atoms with van der Waals surface area (Å²) in [7, 11) is 0. The smallest absolute Gasteiger partial charge is 0.274 e. The maximum atomic E-state index is 12.8. The SMILES string of the molecule is Cc1cc(Nc2ccnc(C(=O)Nc3ccccc3N3CCOCC3)c2)no1. The summed E-state index contributed by atoms with van der Waals surface area (Å²) in [5.41, 5.74) is 2.74. The summed E-state index contributed by atoms with van der Waals surface area (Å²) in [4.78, 5) is 19.2. The average molecular weight is 379 g/mol. The van der Waals surface area contributed by atoms with E-state index in [0.717, 1.165) is 24.5 Å². The van der Waals surface area contributed by atoms with Crippen LogP contribution in [0.25, 0.3) is 0 Å². The first kappa shape index (κ1) is 18.0. The van der Waals surface area contributed by atoms with E-state index in [1.165, 1.54) is 0 Å². The molecule has 28 heavy (non-hydrogen) atoms. The Morgan fingerprint density at radius 1 is 1.14 bits per heavy atom. The summed E-state index contributed by atoms with van der Waals surface area (Å²) >= 11 is 0. The van der Waals surface area contributed by atoms with E-state index in [1.807, 2.05) is 31.2 Å². The number of aromatic nitrogens is 2. The predicted octanol–water partition coefficient (Wildman–Crippen LogP) is 3.21. The largest absolute Gasteiger partial charge is 0.378 e. The number of nitrogens with zero attached hydrogens (tertiary/aromatic N) is 3. The molecule has 1 aliphatic heterocycles. The van der Waals surface area contributed by atoms with E-state index >= 15 is 0 Å². The molecule has 1 fully saturated rings. The summed E-state index contributed by atoms with van der Waals surface area (Å²) < 4.78 is 10.5. The quantitative estimate of drug-likeness (QED) is 0.703. The molecule has 3 heterocycles. The highest BCUT2D eigenvalue weighted by atomic mass is 16.5. The number of pyridine rings is 1. The molecule has 1 aliphatic rings. The van der Waals surface area contributed by atoms with Crippen LogP contribution < -0.4 is 15.5 Å². The van der Waals surface area contributed by atoms with E-state index in [4.69, 9.17) is 9.26 Å². The van der Waals surface area contributed by atoms with Gasteiger partial charge in [0.25, 0.3) is 5.91 Å². The molecule has 0 atom stereocenters. The Kier molecular flexibility index (Phi) is 5.20. The van der Waals surface area contributed by atoms with Crippen LogP contribution in [0.3, 0.4) is 0 Å². The van der Waals surface area contributed by atoms with Gasteiger partial charge >= 0.3 is 0 Å². The standard InChI is InChI=1S/C20H21N5O3/c1-14-12-19(24-28-14)22-15-6-7-21-17(13-15)20(26)23-16-4-2-3-5-18(16)25-8-10-27-11-9-25/h2-7,12-13H,8-11H2,1H3,(H,23,26)(H,21,22,24). The zero-order chi connectivity index (χ0) is 19.3. The normalized spacial score (nSPS) is 14.0. The van der Waals surface area contributed by atoms with Gasteiger partial charge in [-0.05, 0) is 31.2 Å². The van der Waals surface area contributed by atoms with Crippen molar-refractivity contribution in [2.75, 3.05) is 41.8 Å². The zero-order valence-corrected chi connectivity index (χ0v) is 15.5. The van der Waals surface area contributed by atoms with E-state index in [9.17, 15) is 4.79 Å². The minimum atomic E-state index is -0.277. The number of para-hydroxylation sites is 2. The van der Waals surface area contributed by atoms with Gasteiger partial charge in [0.1, 0.15) is 11.5 Å². The minimum Gasteiger partial charge on any atom is -0.378 e. The first-order chi connectivity index (χ1) is 13.7. The van der Waals surface area contributed by atoms with Gasteiger partial charge in [0.15, 0.2) is 5.82 Å². The van der Waals surface area contributed by atoms with E-state index in [-0.39, 0.29) is 5.91 Å². The van der Waals surface area contributed by atoms with Crippen molar-refractivity contribution < 1.29 is 14.1 Å². The monoisotopic (exact) mass is 379 g/mol. The molecule has 8 heteroatoms. The third kappa shape index (κ3) is 4.12. The highest BCUT2D eigenvalue weighted by Gasteiger charge is 2.17. The Labute approximate surface area is 162 Å². The van der Waals surface area contributed by atoms with Crippen molar-refractivity contribution >= 4 is 28.8 Å². The molecule has 0 bridgehead atoms. The van der Waals surface area contributed by atoms with E-state index in [2.05, 4.69) is 25.7 Å². The number of anilines is 4. The molecule has 0 radical (unpaired) electrons. The van der Waals surface area contributed by atoms with Gasteiger partial charge in [0, 0.05) is 31.0 Å². The first-order valence-electron chi connectivity index (χ1n) is 9.08. The van der Waals surface area contributed by atoms with Gasteiger partial charge in [-0.2, -0.15) is 0 Å². The molecule has 1 aromatic carbocycles. The number of ether oxygens (including phenoxy) is 1. The lowest BCUT2D eigenvalue weighted by molar-refractivity contribution is 0.102. The number of amides is 1. The Balaban J connectivity index is 1.50. The Morgan fingerprint density at radius 2 is 1.96 bits per heavy atom. The lowest BCUT2D eigenvalue weighted by Crippen LogP contribution is -2.36. The zero-order valence-electron chi connectivity index (χ0n) is 15.5. The fraction of sp³-hybridized carbons (Fsp3) is 0.250. The molecule has 2 aromatic heterocycles. The number of carbonyl (C=O) groups is 1. The highest BCUT2D eigenvalue weighted by Crippen LogP contribution is 2.27. The predicted molar refractivity (Wildman–Crippen MR) is 106 cm³/mol. The molecule has 8 nitrogen and oxygen atoms in total. The van der Waals surface area contributed by atoms with Crippen LogP contribution in [0.1, 0.15) is 16.2 Å². The second kappa shape index (κ2) is 8.10. The van der Waals surface area contributed by atoms with Gasteiger partial charge in [-0.3, -0.25) is 9.78 Å². The summed E-state index contributed by atoms with van der Waals surface area (Å²) in [6.45, 7) is 4.76. The number of nitrogens with one attached hydrogen (secondary N) is 2. The van der Waals surface area contributed by atoms with Crippen LogP contribution in [0.4, 0.5) is 22.9 Å². The summed E-state index contributed by atoms with van der Waals surface area (Å²) in [6.07, 6.45) is 1.58. The lowest BCUT2D eigenvalue weighted by Gasteiger charge is -2.30. The van der Waals surface area contributed by atoms with E-state index in [0.29, 0.717) is 36.2 Å². The molecule has 3 aromatic rings. The average Bonchev–Trinajstić information content (AvgIpc) is 3.14. The molecule has 1 amide bonds. The van der Waals surface area contributed by atoms with Gasteiger partial charge in [-0.15, -0.1) is 0 Å². The third-order valence-electron chi connectivity index (χ3n) is 4.40. The molecular weight excluding hydrogens is 358 g/mol. The fourth-order valence-corrected chi connectivity index (χ4v) is 3.05. The number of morpholine rings is 1. The lowest BCUT2D eigenvalue weighted by atomic mass is 10.2. The summed E-state index contributed by atoms with van der Waals surface area (Å²) in [5.74, 6) is 1.00. The molecule has 0 saturated carbocycles. The maximum absolute atomic E-state index is 12.8. The molecule has 0 aliphatic carbocycles. The third-order valence-corrected chi connectivity index (χ3v) is 4.40. The Morgan fingerprint density at radius 3 is 2.75 bits per heavy atom. The maximum Gasteiger partial charge on any atom is 0.274 e. The van der Waals surface area contributed by atoms with Crippen molar-refractivity contribution in [1.82, 2.24) is 10.1 Å². The first-order valence-corrected chi connectivity index (χ1v) is 9.08. The number of carbonyl (C=O) groups excluding carboxylic acids is 1. The van der Waals surface area contributed by atoms with Crippen molar-refractivity contribution in [2.24, 2.45) is 0 Å². The number of hydrogen-bond donors (Lipinski definition) is 2. The van der Waals surface area contributed by atoms with Gasteiger partial charge in [0.05, 0.1) is 24.6 Å². The van der Waals surface area contributed by atoms with Gasteiger partial charge < -0.3 is 24.8 Å². The summed E-state index contributed by atoms with van der Waals surface area (Å²) in [6, 6.07) is 13.0. The van der Waals surface area contributed by atoms with E-state index < -0.39 is 0 Å². The number of aryl methyl sites for hydroxylation is 1. The minimum absolute atomic E-state index is 0.277. The van der Waals surface area contributed by atoms with Crippen molar-refractivity contribution in [1.29, 1.82) is 0 Å². The summed E-state index contributed by atoms with van der Waals surface area (Å²) in [5, 5.41) is 9.97.